The van der Waals surface area contributed by atoms with Crippen LogP contribution in [0, 0.1) is 11.8 Å². The van der Waals surface area contributed by atoms with E-state index in [1.165, 1.54) is 16.7 Å². The molecule has 1 amide bonds. The highest BCUT2D eigenvalue weighted by Crippen LogP contribution is 2.43. The first-order valence-corrected chi connectivity index (χ1v) is 10.0. The molecule has 2 aromatic heterocycles. The number of hydrogen-bond acceptors (Lipinski definition) is 2. The predicted molar refractivity (Wildman–Crippen MR) is 109 cm³/mol. The van der Waals surface area contributed by atoms with E-state index in [-0.39, 0.29) is 5.91 Å². The molecule has 28 heavy (non-hydrogen) atoms. The first kappa shape index (κ1) is 17.1. The van der Waals surface area contributed by atoms with Crippen molar-refractivity contribution >= 4 is 11.5 Å². The summed E-state index contributed by atoms with van der Waals surface area (Å²) in [5, 5.41) is 0. The molecule has 1 aromatic carbocycles. The highest BCUT2D eigenvalue weighted by molar-refractivity contribution is 5.92. The Morgan fingerprint density at radius 1 is 1.04 bits per heavy atom. The number of carbonyl (C=O) groups excluding carboxylic acids is 1. The van der Waals surface area contributed by atoms with Crippen molar-refractivity contribution in [3.05, 3.63) is 90.2 Å². The van der Waals surface area contributed by atoms with Gasteiger partial charge in [-0.3, -0.25) is 4.79 Å². The molecule has 1 fully saturated rings. The number of aryl methyl sites for hydroxylation is 2. The zero-order valence-corrected chi connectivity index (χ0v) is 15.8. The molecule has 0 N–H and O–H groups in total. The van der Waals surface area contributed by atoms with E-state index in [1.54, 1.807) is 18.4 Å². The van der Waals surface area contributed by atoms with Crippen LogP contribution in [0.3, 0.4) is 0 Å². The van der Waals surface area contributed by atoms with E-state index >= 15 is 0 Å². The highest BCUT2D eigenvalue weighted by Gasteiger charge is 2.40. The Morgan fingerprint density at radius 3 is 2.61 bits per heavy atom. The molecule has 3 aromatic rings. The molecule has 0 radical (unpaired) electrons. The van der Waals surface area contributed by atoms with Crippen molar-refractivity contribution in [2.24, 2.45) is 11.8 Å². The second kappa shape index (κ2) is 7.19. The maximum Gasteiger partial charge on any atom is 0.289 e. The van der Waals surface area contributed by atoms with Gasteiger partial charge in [-0.25, -0.2) is 0 Å². The lowest BCUT2D eigenvalue weighted by atomic mass is 9.90. The summed E-state index contributed by atoms with van der Waals surface area (Å²) in [6.45, 7) is 2.61. The number of fused-ring (bicyclic) bond motifs is 1. The van der Waals surface area contributed by atoms with Crippen LogP contribution in [0.15, 0.2) is 77.7 Å². The van der Waals surface area contributed by atoms with Gasteiger partial charge in [-0.2, -0.15) is 0 Å². The third-order valence-electron chi connectivity index (χ3n) is 6.11. The van der Waals surface area contributed by atoms with Gasteiger partial charge in [0, 0.05) is 37.9 Å². The van der Waals surface area contributed by atoms with Crippen molar-refractivity contribution < 1.29 is 9.21 Å². The molecule has 2 atom stereocenters. The maximum atomic E-state index is 12.6. The van der Waals surface area contributed by atoms with Crippen molar-refractivity contribution in [3.63, 3.8) is 0 Å². The molecular formula is C24H24N2O2. The molecule has 0 spiro atoms. The number of likely N-dealkylation sites (tertiary alicyclic amines) is 1. The Bertz CT molecular complexity index is 968. The van der Waals surface area contributed by atoms with Gasteiger partial charge in [0.2, 0.25) is 0 Å². The first-order valence-electron chi connectivity index (χ1n) is 10.0. The van der Waals surface area contributed by atoms with Crippen LogP contribution in [-0.4, -0.2) is 28.5 Å². The predicted octanol–water partition coefficient (Wildman–Crippen LogP) is 4.50. The molecule has 1 aliphatic carbocycles. The molecule has 4 nitrogen and oxygen atoms in total. The number of hydrogen-bond donors (Lipinski definition) is 0. The Morgan fingerprint density at radius 2 is 1.86 bits per heavy atom. The average Bonchev–Trinajstić information content (AvgIpc) is 3.51. The average molecular weight is 372 g/mol. The number of carbonyl (C=O) groups is 1. The standard InChI is InChI=1S/C24H24N2O2/c27-24(23-4-3-15-28-23)26-16-20-9-10-21(22(20)17-26)19-7-5-18(6-8-19)11-14-25-12-1-2-13-25/h1-8,10,12-13,15,20,22H,9,11,14,16-17H2/t20-,22+/m1/s1. The lowest BCUT2D eigenvalue weighted by Gasteiger charge is -2.17. The monoisotopic (exact) mass is 372 g/mol. The van der Waals surface area contributed by atoms with Gasteiger partial charge in [0.05, 0.1) is 6.26 Å². The van der Waals surface area contributed by atoms with E-state index < -0.39 is 0 Å². The minimum atomic E-state index is 0.0131. The van der Waals surface area contributed by atoms with Gasteiger partial charge >= 0.3 is 0 Å². The van der Waals surface area contributed by atoms with Crippen LogP contribution in [0.2, 0.25) is 0 Å². The fourth-order valence-corrected chi connectivity index (χ4v) is 4.59. The summed E-state index contributed by atoms with van der Waals surface area (Å²) in [5.41, 5.74) is 4.05. The summed E-state index contributed by atoms with van der Waals surface area (Å²) in [4.78, 5) is 14.6. The number of rotatable bonds is 5. The van der Waals surface area contributed by atoms with Crippen molar-refractivity contribution in [1.82, 2.24) is 9.47 Å². The number of aromatic nitrogens is 1. The van der Waals surface area contributed by atoms with Crippen molar-refractivity contribution in [3.8, 4) is 0 Å². The molecule has 2 aliphatic rings. The zero-order valence-electron chi connectivity index (χ0n) is 15.8. The van der Waals surface area contributed by atoms with E-state index in [4.69, 9.17) is 4.42 Å². The normalized spacial score (nSPS) is 21.0. The van der Waals surface area contributed by atoms with E-state index in [0.717, 1.165) is 32.5 Å². The van der Waals surface area contributed by atoms with Crippen LogP contribution < -0.4 is 0 Å². The lowest BCUT2D eigenvalue weighted by Crippen LogP contribution is -2.29. The molecule has 142 valence electrons. The fraction of sp³-hybridized carbons (Fsp3) is 0.292. The zero-order chi connectivity index (χ0) is 18.9. The molecule has 4 heteroatoms. The smallest absolute Gasteiger partial charge is 0.289 e. The number of furan rings is 1. The largest absolute Gasteiger partial charge is 0.459 e. The second-order valence-corrected chi connectivity index (χ2v) is 7.82. The minimum absolute atomic E-state index is 0.0131. The topological polar surface area (TPSA) is 38.4 Å². The molecular weight excluding hydrogens is 348 g/mol. The summed E-state index contributed by atoms with van der Waals surface area (Å²) in [7, 11) is 0. The van der Waals surface area contributed by atoms with E-state index in [2.05, 4.69) is 59.4 Å². The first-order chi connectivity index (χ1) is 13.8. The molecule has 0 bridgehead atoms. The van der Waals surface area contributed by atoms with Crippen LogP contribution in [0.25, 0.3) is 5.57 Å². The summed E-state index contributed by atoms with van der Waals surface area (Å²) >= 11 is 0. The molecule has 0 saturated carbocycles. The summed E-state index contributed by atoms with van der Waals surface area (Å²) in [6.07, 6.45) is 10.2. The van der Waals surface area contributed by atoms with Crippen LogP contribution in [0.4, 0.5) is 0 Å². The lowest BCUT2D eigenvalue weighted by molar-refractivity contribution is 0.0753. The Balaban J connectivity index is 1.25. The maximum absolute atomic E-state index is 12.6. The van der Waals surface area contributed by atoms with Crippen molar-refractivity contribution in [2.75, 3.05) is 13.1 Å². The Hall–Kier alpha value is -3.01. The van der Waals surface area contributed by atoms with Crippen molar-refractivity contribution in [2.45, 2.75) is 19.4 Å². The summed E-state index contributed by atoms with van der Waals surface area (Å²) in [6, 6.07) is 16.6. The van der Waals surface area contributed by atoms with Gasteiger partial charge in [0.1, 0.15) is 0 Å². The summed E-state index contributed by atoms with van der Waals surface area (Å²) < 4.78 is 7.51. The van der Waals surface area contributed by atoms with Crippen LogP contribution in [0.5, 0.6) is 0 Å². The Kier molecular flexibility index (Phi) is 4.40. The van der Waals surface area contributed by atoms with Crippen LogP contribution in [0.1, 0.15) is 28.1 Å². The van der Waals surface area contributed by atoms with E-state index in [0.29, 0.717) is 17.6 Å². The fourth-order valence-electron chi connectivity index (χ4n) is 4.59. The molecule has 3 heterocycles. The van der Waals surface area contributed by atoms with Gasteiger partial charge in [-0.15, -0.1) is 0 Å². The van der Waals surface area contributed by atoms with Gasteiger partial charge in [0.25, 0.3) is 5.91 Å². The van der Waals surface area contributed by atoms with Gasteiger partial charge in [-0.1, -0.05) is 30.3 Å². The molecule has 1 saturated heterocycles. The number of nitrogens with zero attached hydrogens (tertiary/aromatic N) is 2. The SMILES string of the molecule is O=C(c1ccco1)N1C[C@H]2CC=C(c3ccc(CCn4cccc4)cc3)[C@H]2C1. The van der Waals surface area contributed by atoms with Gasteiger partial charge in [-0.05, 0) is 59.7 Å². The number of allylic oxidation sites excluding steroid dienone is 1. The van der Waals surface area contributed by atoms with Gasteiger partial charge in [0.15, 0.2) is 5.76 Å². The van der Waals surface area contributed by atoms with Crippen LogP contribution >= 0.6 is 0 Å². The van der Waals surface area contributed by atoms with E-state index in [9.17, 15) is 4.79 Å². The minimum Gasteiger partial charge on any atom is -0.459 e. The highest BCUT2D eigenvalue weighted by atomic mass is 16.3. The third-order valence-corrected chi connectivity index (χ3v) is 6.11. The quantitative estimate of drug-likeness (QED) is 0.661. The number of amides is 1. The molecule has 5 rings (SSSR count). The summed E-state index contributed by atoms with van der Waals surface area (Å²) in [5.74, 6) is 1.42. The van der Waals surface area contributed by atoms with Crippen LogP contribution in [-0.2, 0) is 13.0 Å². The second-order valence-electron chi connectivity index (χ2n) is 7.82. The number of benzene rings is 1. The Labute approximate surface area is 165 Å². The third kappa shape index (κ3) is 3.19. The molecule has 0 unspecified atom stereocenters. The molecule has 1 aliphatic heterocycles. The van der Waals surface area contributed by atoms with Gasteiger partial charge < -0.3 is 13.9 Å². The van der Waals surface area contributed by atoms with Crippen molar-refractivity contribution in [1.29, 1.82) is 0 Å². The van der Waals surface area contributed by atoms with E-state index in [1.807, 2.05) is 4.90 Å².